The number of methoxy groups -OCH3 is 1. The molecular weight excluding hydrogens is 627 g/mol. The molecule has 0 saturated heterocycles. The lowest BCUT2D eigenvalue weighted by Gasteiger charge is -2.15. The van der Waals surface area contributed by atoms with Crippen molar-refractivity contribution in [2.75, 3.05) is 14.2 Å². The smallest absolute Gasteiger partial charge is 0.335 e. The molecule has 3 aromatic heterocycles. The minimum atomic E-state index is -1.32. The number of nitrogens with zero attached hydrogens (tertiary/aromatic N) is 4. The van der Waals surface area contributed by atoms with Crippen LogP contribution in [0, 0.1) is 17.5 Å². The van der Waals surface area contributed by atoms with Crippen molar-refractivity contribution in [3.63, 3.8) is 0 Å². The Kier molecular flexibility index (Phi) is 9.54. The number of rotatable bonds is 11. The molecule has 10 nitrogen and oxygen atoms in total. The average Bonchev–Trinajstić information content (AvgIpc) is 3.38. The predicted molar refractivity (Wildman–Crippen MR) is 162 cm³/mol. The van der Waals surface area contributed by atoms with E-state index in [1.165, 1.54) is 44.6 Å². The number of amides is 1. The van der Waals surface area contributed by atoms with Gasteiger partial charge in [0, 0.05) is 44.0 Å². The van der Waals surface area contributed by atoms with Gasteiger partial charge in [0.05, 0.1) is 34.4 Å². The number of halogens is 4. The molecule has 3 heterocycles. The molecule has 0 aliphatic rings. The Morgan fingerprint density at radius 1 is 1.04 bits per heavy atom. The molecule has 5 rings (SSSR count). The first-order chi connectivity index (χ1) is 22.0. The summed E-state index contributed by atoms with van der Waals surface area (Å²) in [6.45, 7) is 1.86. The molecule has 46 heavy (non-hydrogen) atoms. The van der Waals surface area contributed by atoms with Crippen LogP contribution in [0.5, 0.6) is 5.88 Å². The minimum Gasteiger partial charge on any atom is -0.478 e. The van der Waals surface area contributed by atoms with E-state index >= 15 is 8.78 Å². The van der Waals surface area contributed by atoms with Crippen molar-refractivity contribution in [1.82, 2.24) is 24.8 Å². The number of benzene rings is 2. The van der Waals surface area contributed by atoms with Gasteiger partial charge >= 0.3 is 5.97 Å². The number of ether oxygens (including phenoxy) is 2. The van der Waals surface area contributed by atoms with E-state index in [0.717, 1.165) is 18.2 Å². The molecule has 14 heteroatoms. The fraction of sp³-hybridized carbons (Fsp3) is 0.219. The third-order valence-corrected chi connectivity index (χ3v) is 7.58. The lowest BCUT2D eigenvalue weighted by molar-refractivity contribution is 0.0696. The van der Waals surface area contributed by atoms with Crippen molar-refractivity contribution < 1.29 is 37.3 Å². The first-order valence-corrected chi connectivity index (χ1v) is 14.3. The van der Waals surface area contributed by atoms with Crippen molar-refractivity contribution >= 4 is 34.5 Å². The van der Waals surface area contributed by atoms with Gasteiger partial charge in [-0.05, 0) is 48.9 Å². The second-order valence-electron chi connectivity index (χ2n) is 10.3. The Morgan fingerprint density at radius 3 is 2.52 bits per heavy atom. The van der Waals surface area contributed by atoms with Crippen LogP contribution in [-0.2, 0) is 24.3 Å². The number of aromatic nitrogens is 4. The highest BCUT2D eigenvalue weighted by Gasteiger charge is 2.22. The normalized spacial score (nSPS) is 11.9. The number of fused-ring (bicyclic) bond motifs is 1. The van der Waals surface area contributed by atoms with Gasteiger partial charge in [-0.3, -0.25) is 9.78 Å². The highest BCUT2D eigenvalue weighted by Crippen LogP contribution is 2.29. The molecule has 1 unspecified atom stereocenters. The van der Waals surface area contributed by atoms with Crippen molar-refractivity contribution in [2.24, 2.45) is 0 Å². The van der Waals surface area contributed by atoms with E-state index in [2.05, 4.69) is 20.3 Å². The van der Waals surface area contributed by atoms with Gasteiger partial charge in [0.2, 0.25) is 5.88 Å². The van der Waals surface area contributed by atoms with E-state index < -0.39 is 29.3 Å². The Balaban J connectivity index is 1.41. The quantitative estimate of drug-likeness (QED) is 0.182. The number of carbonyl (C=O) groups excluding carboxylic acids is 1. The standard InChI is InChI=1S/C32H27ClF3N5O5/c1-16(45-3)14-41-27-9-18(32(43)44)8-24(36)30(27)40-28(41)10-17-7-23(35)20(11-22(17)34)25-5-4-6-29(39-25)46-15-19-13-38-26(12-21(19)33)31(42)37-2/h4-9,11-13,16H,10,14-15H2,1-3H3,(H,37,42)(H,43,44). The number of carboxylic acids is 1. The van der Waals surface area contributed by atoms with Gasteiger partial charge in [-0.25, -0.2) is 27.9 Å². The van der Waals surface area contributed by atoms with Gasteiger partial charge < -0.3 is 24.5 Å². The molecule has 5 aromatic rings. The predicted octanol–water partition coefficient (Wildman–Crippen LogP) is 5.83. The zero-order valence-corrected chi connectivity index (χ0v) is 25.5. The van der Waals surface area contributed by atoms with E-state index in [-0.39, 0.29) is 81.5 Å². The van der Waals surface area contributed by atoms with Gasteiger partial charge in [0.1, 0.15) is 35.3 Å². The van der Waals surface area contributed by atoms with Gasteiger partial charge in [-0.2, -0.15) is 0 Å². The summed E-state index contributed by atoms with van der Waals surface area (Å²) in [6, 6.07) is 10.2. The molecule has 0 bridgehead atoms. The summed E-state index contributed by atoms with van der Waals surface area (Å²) in [4.78, 5) is 36.0. The largest absolute Gasteiger partial charge is 0.478 e. The zero-order chi connectivity index (χ0) is 33.1. The zero-order valence-electron chi connectivity index (χ0n) is 24.8. The van der Waals surface area contributed by atoms with E-state index in [1.54, 1.807) is 17.6 Å². The average molecular weight is 654 g/mol. The van der Waals surface area contributed by atoms with Crippen LogP contribution in [-0.4, -0.2) is 56.8 Å². The summed E-state index contributed by atoms with van der Waals surface area (Å²) in [7, 11) is 2.95. The Morgan fingerprint density at radius 2 is 1.83 bits per heavy atom. The highest BCUT2D eigenvalue weighted by atomic mass is 35.5. The molecule has 0 radical (unpaired) electrons. The maximum Gasteiger partial charge on any atom is 0.335 e. The molecule has 0 fully saturated rings. The van der Waals surface area contributed by atoms with Crippen LogP contribution in [0.25, 0.3) is 22.3 Å². The van der Waals surface area contributed by atoms with Crippen LogP contribution in [0.4, 0.5) is 13.2 Å². The molecule has 1 atom stereocenters. The Labute approximate surface area is 265 Å². The number of carboxylic acid groups (broad SMARTS) is 1. The molecule has 1 amide bonds. The fourth-order valence-electron chi connectivity index (χ4n) is 4.73. The second-order valence-corrected chi connectivity index (χ2v) is 10.7. The van der Waals surface area contributed by atoms with E-state index in [4.69, 9.17) is 21.1 Å². The van der Waals surface area contributed by atoms with Crippen LogP contribution < -0.4 is 10.1 Å². The van der Waals surface area contributed by atoms with Gasteiger partial charge in [-0.15, -0.1) is 0 Å². The van der Waals surface area contributed by atoms with Gasteiger partial charge in [0.15, 0.2) is 5.82 Å². The third-order valence-electron chi connectivity index (χ3n) is 7.22. The molecule has 0 spiro atoms. The van der Waals surface area contributed by atoms with Crippen LogP contribution in [0.1, 0.15) is 44.7 Å². The molecule has 2 aromatic carbocycles. The summed E-state index contributed by atoms with van der Waals surface area (Å²) < 4.78 is 58.4. The number of hydrogen-bond acceptors (Lipinski definition) is 7. The molecule has 238 valence electrons. The molecule has 0 aliphatic heterocycles. The Bertz CT molecular complexity index is 1970. The highest BCUT2D eigenvalue weighted by molar-refractivity contribution is 6.31. The number of carbonyl (C=O) groups is 2. The molecule has 0 saturated carbocycles. The second kappa shape index (κ2) is 13.5. The molecular formula is C32H27ClF3N5O5. The molecule has 2 N–H and O–H groups in total. The number of nitrogens with one attached hydrogen (secondary N) is 1. The number of imidazole rings is 1. The van der Waals surface area contributed by atoms with E-state index in [0.29, 0.717) is 5.56 Å². The van der Waals surface area contributed by atoms with Crippen LogP contribution in [0.2, 0.25) is 5.02 Å². The fourth-order valence-corrected chi connectivity index (χ4v) is 4.93. The van der Waals surface area contributed by atoms with Gasteiger partial charge in [-0.1, -0.05) is 17.7 Å². The maximum absolute atomic E-state index is 15.5. The van der Waals surface area contributed by atoms with Crippen molar-refractivity contribution in [3.05, 3.63) is 105 Å². The van der Waals surface area contributed by atoms with E-state index in [1.807, 2.05) is 0 Å². The maximum atomic E-state index is 15.5. The lowest BCUT2D eigenvalue weighted by atomic mass is 10.0. The first kappa shape index (κ1) is 32.4. The van der Waals surface area contributed by atoms with Crippen LogP contribution >= 0.6 is 11.6 Å². The summed E-state index contributed by atoms with van der Waals surface area (Å²) in [6.07, 6.45) is 0.792. The van der Waals surface area contributed by atoms with Gasteiger partial charge in [0.25, 0.3) is 5.91 Å². The van der Waals surface area contributed by atoms with Crippen molar-refractivity contribution in [2.45, 2.75) is 32.6 Å². The lowest BCUT2D eigenvalue weighted by Crippen LogP contribution is -2.19. The summed E-state index contributed by atoms with van der Waals surface area (Å²) in [5, 5.41) is 12.1. The van der Waals surface area contributed by atoms with Crippen LogP contribution in [0.15, 0.2) is 54.7 Å². The minimum absolute atomic E-state index is 0.0522. The van der Waals surface area contributed by atoms with Crippen molar-refractivity contribution in [3.8, 4) is 17.1 Å². The summed E-state index contributed by atoms with van der Waals surface area (Å²) >= 11 is 6.26. The van der Waals surface area contributed by atoms with Crippen molar-refractivity contribution in [1.29, 1.82) is 0 Å². The SMILES string of the molecule is CNC(=O)c1cc(Cl)c(COc2cccc(-c3cc(F)c(Cc4nc5c(F)cc(C(=O)O)cc5n4CC(C)OC)cc3F)n2)cn1. The first-order valence-electron chi connectivity index (χ1n) is 13.9. The Hall–Kier alpha value is -5.01. The monoisotopic (exact) mass is 653 g/mol. The summed E-state index contributed by atoms with van der Waals surface area (Å²) in [5.41, 5.74) is 0.351. The van der Waals surface area contributed by atoms with E-state index in [9.17, 15) is 19.1 Å². The number of hydrogen-bond donors (Lipinski definition) is 2. The topological polar surface area (TPSA) is 128 Å². The number of pyridine rings is 2. The summed E-state index contributed by atoms with van der Waals surface area (Å²) in [5.74, 6) is -3.80. The van der Waals surface area contributed by atoms with Crippen LogP contribution in [0.3, 0.4) is 0 Å². The molecule has 0 aliphatic carbocycles. The third kappa shape index (κ3) is 6.80. The number of aromatic carboxylic acids is 1.